The van der Waals surface area contributed by atoms with Gasteiger partial charge in [-0.2, -0.15) is 0 Å². The Morgan fingerprint density at radius 3 is 2.50 bits per heavy atom. The number of hydrogen-bond acceptors (Lipinski definition) is 5. The SMILES string of the molecule is C=C(NCCC(C)CCCC)C1=CN(C)c2c(cc(F)c(NCCN3CCCC3)c2Oc2ccc3c(c2)-c2ccccc2C3)C1=C.CC. The van der Waals surface area contributed by atoms with Gasteiger partial charge in [-0.15, -0.1) is 0 Å². The molecule has 2 N–H and O–H groups in total. The van der Waals surface area contributed by atoms with E-state index in [-0.39, 0.29) is 5.82 Å². The number of rotatable bonds is 14. The summed E-state index contributed by atoms with van der Waals surface area (Å²) in [7, 11) is 1.99. The van der Waals surface area contributed by atoms with Gasteiger partial charge in [0.2, 0.25) is 0 Å². The van der Waals surface area contributed by atoms with Crippen LogP contribution in [0, 0.1) is 11.7 Å². The minimum Gasteiger partial charge on any atom is -0.453 e. The van der Waals surface area contributed by atoms with E-state index >= 15 is 4.39 Å². The van der Waals surface area contributed by atoms with Gasteiger partial charge in [0.05, 0.1) is 5.69 Å². The molecule has 1 atom stereocenters. The Bertz CT molecular complexity index is 1640. The molecule has 0 spiro atoms. The van der Waals surface area contributed by atoms with E-state index in [1.165, 1.54) is 54.4 Å². The minimum atomic E-state index is -0.346. The van der Waals surface area contributed by atoms with Crippen molar-refractivity contribution in [3.63, 3.8) is 0 Å². The molecule has 0 amide bonds. The van der Waals surface area contributed by atoms with Gasteiger partial charge in [-0.1, -0.05) is 90.4 Å². The van der Waals surface area contributed by atoms with Crippen molar-refractivity contribution in [3.05, 3.63) is 102 Å². The normalized spacial score (nSPS) is 15.5. The van der Waals surface area contributed by atoms with E-state index < -0.39 is 0 Å². The van der Waals surface area contributed by atoms with Crippen molar-refractivity contribution in [3.8, 4) is 22.6 Å². The summed E-state index contributed by atoms with van der Waals surface area (Å²) in [6, 6.07) is 16.3. The summed E-state index contributed by atoms with van der Waals surface area (Å²) in [5.41, 5.74) is 9.31. The number of anilines is 2. The predicted octanol–water partition coefficient (Wildman–Crippen LogP) is 10.4. The van der Waals surface area contributed by atoms with Crippen LogP contribution in [0.4, 0.5) is 15.8 Å². The van der Waals surface area contributed by atoms with Crippen molar-refractivity contribution in [1.29, 1.82) is 0 Å². The van der Waals surface area contributed by atoms with Crippen molar-refractivity contribution >= 4 is 16.9 Å². The molecular formula is C42H55FN4O. The molecule has 0 saturated carbocycles. The number of allylic oxidation sites excluding steroid dienone is 1. The van der Waals surface area contributed by atoms with Gasteiger partial charge in [-0.05, 0) is 90.7 Å². The van der Waals surface area contributed by atoms with Crippen molar-refractivity contribution in [2.45, 2.75) is 72.6 Å². The molecule has 3 aliphatic rings. The van der Waals surface area contributed by atoms with E-state index in [2.05, 4.69) is 78.9 Å². The van der Waals surface area contributed by atoms with Crippen LogP contribution in [-0.4, -0.2) is 44.7 Å². The molecule has 3 aromatic carbocycles. The molecule has 0 bridgehead atoms. The quantitative estimate of drug-likeness (QED) is 0.142. The fraction of sp³-hybridized carbons (Fsp3) is 0.429. The van der Waals surface area contributed by atoms with E-state index in [0.29, 0.717) is 35.2 Å². The van der Waals surface area contributed by atoms with Crippen LogP contribution in [0.25, 0.3) is 16.7 Å². The summed E-state index contributed by atoms with van der Waals surface area (Å²) in [6.07, 6.45) is 10.2. The third-order valence-electron chi connectivity index (χ3n) is 9.80. The van der Waals surface area contributed by atoms with Crippen molar-refractivity contribution in [2.75, 3.05) is 50.0 Å². The Labute approximate surface area is 288 Å². The third-order valence-corrected chi connectivity index (χ3v) is 9.80. The first-order valence-electron chi connectivity index (χ1n) is 18.1. The third kappa shape index (κ3) is 7.81. The maximum atomic E-state index is 16.2. The largest absolute Gasteiger partial charge is 0.453 e. The highest BCUT2D eigenvalue weighted by Crippen LogP contribution is 2.50. The molecule has 6 heteroatoms. The number of benzene rings is 3. The highest BCUT2D eigenvalue weighted by Gasteiger charge is 2.30. The first-order chi connectivity index (χ1) is 23.3. The van der Waals surface area contributed by atoms with Gasteiger partial charge in [0.1, 0.15) is 11.4 Å². The molecule has 256 valence electrons. The van der Waals surface area contributed by atoms with Crippen LogP contribution < -0.4 is 20.3 Å². The lowest BCUT2D eigenvalue weighted by molar-refractivity contribution is 0.352. The summed E-state index contributed by atoms with van der Waals surface area (Å²) in [5, 5.41) is 6.94. The van der Waals surface area contributed by atoms with Crippen LogP contribution in [0.2, 0.25) is 0 Å². The number of hydrogen-bond donors (Lipinski definition) is 2. The van der Waals surface area contributed by atoms with Gasteiger partial charge in [0.25, 0.3) is 0 Å². The fourth-order valence-corrected chi connectivity index (χ4v) is 7.09. The predicted molar refractivity (Wildman–Crippen MR) is 203 cm³/mol. The summed E-state index contributed by atoms with van der Waals surface area (Å²) in [5.74, 6) is 1.47. The zero-order valence-corrected chi connectivity index (χ0v) is 29.9. The van der Waals surface area contributed by atoms with Crippen molar-refractivity contribution in [1.82, 2.24) is 10.2 Å². The average molecular weight is 651 g/mol. The van der Waals surface area contributed by atoms with E-state index in [4.69, 9.17) is 4.74 Å². The summed E-state index contributed by atoms with van der Waals surface area (Å²) in [4.78, 5) is 4.45. The number of likely N-dealkylation sites (tertiary alicyclic amines) is 1. The maximum absolute atomic E-state index is 16.2. The standard InChI is InChI=1S/C40H49FN4O.C2H6/c1-6-7-12-27(2)17-18-42-29(4)36-26-44(5)39-34(28(36)3)25-37(41)38(43-19-22-45-20-10-11-21-45)40(39)46-32-16-15-31-23-30-13-8-9-14-33(30)35(31)24-32;1-2/h8-9,13-16,24-27,42-43H,3-4,6-7,10-12,17-23H2,1-2,5H3;1-2H3. The Kier molecular flexibility index (Phi) is 12.0. The molecule has 0 radical (unpaired) electrons. The zero-order valence-electron chi connectivity index (χ0n) is 29.9. The number of ether oxygens (including phenoxy) is 1. The first-order valence-corrected chi connectivity index (χ1v) is 18.1. The Morgan fingerprint density at radius 1 is 0.979 bits per heavy atom. The lowest BCUT2D eigenvalue weighted by Gasteiger charge is -2.32. The Morgan fingerprint density at radius 2 is 1.73 bits per heavy atom. The van der Waals surface area contributed by atoms with Crippen LogP contribution in [0.15, 0.2) is 79.2 Å². The van der Waals surface area contributed by atoms with E-state index in [0.717, 1.165) is 61.6 Å². The maximum Gasteiger partial charge on any atom is 0.177 e. The van der Waals surface area contributed by atoms with Gasteiger partial charge in [-0.3, -0.25) is 0 Å². The summed E-state index contributed by atoms with van der Waals surface area (Å²) >= 11 is 0. The molecule has 1 aliphatic carbocycles. The molecule has 48 heavy (non-hydrogen) atoms. The van der Waals surface area contributed by atoms with E-state index in [9.17, 15) is 0 Å². The zero-order chi connectivity index (χ0) is 34.2. The second-order valence-electron chi connectivity index (χ2n) is 13.3. The van der Waals surface area contributed by atoms with Gasteiger partial charge >= 0.3 is 0 Å². The van der Waals surface area contributed by atoms with Gasteiger partial charge in [0.15, 0.2) is 11.6 Å². The second kappa shape index (κ2) is 16.4. The molecule has 2 aliphatic heterocycles. The number of unbranched alkanes of at least 4 members (excludes halogenated alkanes) is 1. The van der Waals surface area contributed by atoms with Crippen LogP contribution >= 0.6 is 0 Å². The topological polar surface area (TPSA) is 39.8 Å². The van der Waals surface area contributed by atoms with Crippen LogP contribution in [-0.2, 0) is 6.42 Å². The van der Waals surface area contributed by atoms with Crippen LogP contribution in [0.1, 0.15) is 82.9 Å². The highest BCUT2D eigenvalue weighted by atomic mass is 19.1. The number of halogens is 1. The number of fused-ring (bicyclic) bond motifs is 4. The Hall–Kier alpha value is -4.03. The molecule has 1 saturated heterocycles. The molecular weight excluding hydrogens is 595 g/mol. The van der Waals surface area contributed by atoms with Crippen LogP contribution in [0.3, 0.4) is 0 Å². The molecule has 0 aromatic heterocycles. The minimum absolute atomic E-state index is 0.346. The molecule has 6 rings (SSSR count). The molecule has 1 fully saturated rings. The van der Waals surface area contributed by atoms with E-state index in [1.54, 1.807) is 6.07 Å². The van der Waals surface area contributed by atoms with E-state index in [1.807, 2.05) is 38.1 Å². The Balaban J connectivity index is 0.00000221. The fourth-order valence-electron chi connectivity index (χ4n) is 7.09. The molecule has 3 aromatic rings. The van der Waals surface area contributed by atoms with Gasteiger partial charge in [-0.25, -0.2) is 4.39 Å². The van der Waals surface area contributed by atoms with Gasteiger partial charge < -0.3 is 25.2 Å². The summed E-state index contributed by atoms with van der Waals surface area (Å²) in [6.45, 7) is 21.9. The summed E-state index contributed by atoms with van der Waals surface area (Å²) < 4.78 is 22.9. The molecule has 2 heterocycles. The lowest BCUT2D eigenvalue weighted by atomic mass is 9.91. The molecule has 1 unspecified atom stereocenters. The van der Waals surface area contributed by atoms with Crippen molar-refractivity contribution in [2.24, 2.45) is 5.92 Å². The first kappa shape index (κ1) is 35.3. The van der Waals surface area contributed by atoms with Crippen LogP contribution in [0.5, 0.6) is 11.5 Å². The smallest absolute Gasteiger partial charge is 0.177 e. The average Bonchev–Trinajstić information content (AvgIpc) is 3.75. The lowest BCUT2D eigenvalue weighted by Crippen LogP contribution is -2.27. The molecule has 5 nitrogen and oxygen atoms in total. The monoisotopic (exact) mass is 650 g/mol. The second-order valence-corrected chi connectivity index (χ2v) is 13.3. The van der Waals surface area contributed by atoms with Gasteiger partial charge in [0, 0.05) is 49.7 Å². The van der Waals surface area contributed by atoms with Crippen molar-refractivity contribution < 1.29 is 9.13 Å². The highest BCUT2D eigenvalue weighted by molar-refractivity contribution is 5.96. The number of nitrogens with zero attached hydrogens (tertiary/aromatic N) is 2. The number of nitrogens with one attached hydrogen (secondary N) is 2.